The van der Waals surface area contributed by atoms with Gasteiger partial charge in [0.2, 0.25) is 0 Å². The van der Waals surface area contributed by atoms with Crippen LogP contribution in [0.25, 0.3) is 0 Å². The van der Waals surface area contributed by atoms with Crippen LogP contribution >= 0.6 is 11.6 Å². The van der Waals surface area contributed by atoms with Crippen LogP contribution in [0, 0.1) is 5.92 Å². The van der Waals surface area contributed by atoms with Crippen LogP contribution in [0.15, 0.2) is 41.4 Å². The number of methoxy groups -OCH3 is 1. The van der Waals surface area contributed by atoms with Gasteiger partial charge < -0.3 is 9.64 Å². The first-order valence-corrected chi connectivity index (χ1v) is 10.3. The molecule has 6 nitrogen and oxygen atoms in total. The fraction of sp³-hybridized carbons (Fsp3) is 0.389. The smallest absolute Gasteiger partial charge is 0.261 e. The zero-order valence-corrected chi connectivity index (χ0v) is 16.3. The molecule has 1 aliphatic heterocycles. The van der Waals surface area contributed by atoms with Crippen molar-refractivity contribution in [3.63, 3.8) is 0 Å². The van der Waals surface area contributed by atoms with E-state index in [-0.39, 0.29) is 9.92 Å². The van der Waals surface area contributed by atoms with Crippen molar-refractivity contribution in [3.05, 3.63) is 41.6 Å². The zero-order valence-electron chi connectivity index (χ0n) is 14.8. The summed E-state index contributed by atoms with van der Waals surface area (Å²) in [5, 5.41) is 0.239. The summed E-state index contributed by atoms with van der Waals surface area (Å²) in [4.78, 5) is 6.69. The summed E-state index contributed by atoms with van der Waals surface area (Å²) in [7, 11) is -2.27. The van der Waals surface area contributed by atoms with E-state index in [9.17, 15) is 8.42 Å². The fourth-order valence-corrected chi connectivity index (χ4v) is 4.29. The van der Waals surface area contributed by atoms with Crippen LogP contribution in [0.4, 0.5) is 11.5 Å². The second kappa shape index (κ2) is 7.72. The molecule has 0 bridgehead atoms. The fourth-order valence-electron chi connectivity index (χ4n) is 2.90. The summed E-state index contributed by atoms with van der Waals surface area (Å²) in [5.74, 6) is 2.04. The van der Waals surface area contributed by atoms with Gasteiger partial charge in [0.15, 0.2) is 0 Å². The Labute approximate surface area is 159 Å². The molecule has 0 radical (unpaired) electrons. The number of ether oxygens (including phenoxy) is 1. The summed E-state index contributed by atoms with van der Waals surface area (Å²) >= 11 is 6.02. The molecule has 3 rings (SSSR count). The largest absolute Gasteiger partial charge is 0.495 e. The first-order valence-electron chi connectivity index (χ1n) is 8.46. The predicted octanol–water partition coefficient (Wildman–Crippen LogP) is 3.78. The Bertz CT molecular complexity index is 864. The number of hydrogen-bond donors (Lipinski definition) is 1. The van der Waals surface area contributed by atoms with Gasteiger partial charge in [0.1, 0.15) is 11.6 Å². The van der Waals surface area contributed by atoms with Gasteiger partial charge in [-0.15, -0.1) is 0 Å². The minimum atomic E-state index is -3.75. The normalized spacial score (nSPS) is 15.7. The Balaban J connectivity index is 1.72. The maximum atomic E-state index is 12.5. The van der Waals surface area contributed by atoms with E-state index in [2.05, 4.69) is 21.5 Å². The maximum absolute atomic E-state index is 12.5. The number of aromatic nitrogens is 1. The first kappa shape index (κ1) is 18.8. The summed E-state index contributed by atoms with van der Waals surface area (Å²) in [5.41, 5.74) is 0.408. The second-order valence-corrected chi connectivity index (χ2v) is 8.57. The third-order valence-electron chi connectivity index (χ3n) is 4.54. The highest BCUT2D eigenvalue weighted by Gasteiger charge is 2.19. The molecule has 0 unspecified atom stereocenters. The number of piperidine rings is 1. The molecular weight excluding hydrogens is 374 g/mol. The highest BCUT2D eigenvalue weighted by atomic mass is 35.5. The van der Waals surface area contributed by atoms with E-state index in [1.165, 1.54) is 31.5 Å². The zero-order chi connectivity index (χ0) is 18.7. The Morgan fingerprint density at radius 3 is 2.54 bits per heavy atom. The van der Waals surface area contributed by atoms with Gasteiger partial charge in [0.05, 0.1) is 28.9 Å². The van der Waals surface area contributed by atoms with Crippen molar-refractivity contribution in [1.29, 1.82) is 0 Å². The maximum Gasteiger partial charge on any atom is 0.261 e. The van der Waals surface area contributed by atoms with Crippen molar-refractivity contribution in [2.45, 2.75) is 24.7 Å². The number of nitrogens with zero attached hydrogens (tertiary/aromatic N) is 2. The van der Waals surface area contributed by atoms with E-state index in [1.54, 1.807) is 6.07 Å². The van der Waals surface area contributed by atoms with Gasteiger partial charge in [0, 0.05) is 13.1 Å². The van der Waals surface area contributed by atoms with Gasteiger partial charge in [-0.25, -0.2) is 13.4 Å². The van der Waals surface area contributed by atoms with E-state index in [0.29, 0.717) is 11.4 Å². The van der Waals surface area contributed by atoms with Crippen LogP contribution < -0.4 is 14.4 Å². The van der Waals surface area contributed by atoms with Gasteiger partial charge >= 0.3 is 0 Å². The lowest BCUT2D eigenvalue weighted by molar-refractivity contribution is 0.414. The van der Waals surface area contributed by atoms with Crippen LogP contribution in [0.5, 0.6) is 5.75 Å². The molecule has 2 heterocycles. The van der Waals surface area contributed by atoms with Gasteiger partial charge in [-0.2, -0.15) is 0 Å². The number of benzene rings is 1. The second-order valence-electron chi connectivity index (χ2n) is 6.48. The van der Waals surface area contributed by atoms with E-state index < -0.39 is 10.0 Å². The molecule has 0 amide bonds. The number of rotatable bonds is 5. The average Bonchev–Trinajstić information content (AvgIpc) is 2.63. The van der Waals surface area contributed by atoms with Crippen molar-refractivity contribution < 1.29 is 13.2 Å². The number of halogens is 1. The minimum Gasteiger partial charge on any atom is -0.495 e. The van der Waals surface area contributed by atoms with Crippen molar-refractivity contribution in [1.82, 2.24) is 4.98 Å². The SMILES string of the molecule is COc1ccc(S(=O)(=O)Nc2ccc(N3CCC(C)CC3)nc2)cc1Cl. The van der Waals surface area contributed by atoms with Gasteiger partial charge in [-0.1, -0.05) is 18.5 Å². The Morgan fingerprint density at radius 2 is 1.96 bits per heavy atom. The lowest BCUT2D eigenvalue weighted by atomic mass is 9.99. The van der Waals surface area contributed by atoms with Gasteiger partial charge in [-0.05, 0) is 49.1 Å². The van der Waals surface area contributed by atoms with Crippen molar-refractivity contribution in [2.75, 3.05) is 29.8 Å². The van der Waals surface area contributed by atoms with Crippen LogP contribution in [0.1, 0.15) is 19.8 Å². The minimum absolute atomic E-state index is 0.0670. The number of hydrogen-bond acceptors (Lipinski definition) is 5. The van der Waals surface area contributed by atoms with E-state index in [4.69, 9.17) is 16.3 Å². The number of anilines is 2. The quantitative estimate of drug-likeness (QED) is 0.834. The third kappa shape index (κ3) is 4.22. The molecule has 0 aliphatic carbocycles. The van der Waals surface area contributed by atoms with E-state index >= 15 is 0 Å². The number of nitrogens with one attached hydrogen (secondary N) is 1. The highest BCUT2D eigenvalue weighted by molar-refractivity contribution is 7.92. The highest BCUT2D eigenvalue weighted by Crippen LogP contribution is 2.28. The molecule has 1 fully saturated rings. The molecule has 1 N–H and O–H groups in total. The van der Waals surface area contributed by atoms with Crippen molar-refractivity contribution in [2.24, 2.45) is 5.92 Å². The molecule has 0 spiro atoms. The monoisotopic (exact) mass is 395 g/mol. The molecule has 2 aromatic rings. The molecular formula is C18H22ClN3O3S. The van der Waals surface area contributed by atoms with Crippen LogP contribution in [0.2, 0.25) is 5.02 Å². The first-order chi connectivity index (χ1) is 12.4. The molecule has 0 atom stereocenters. The predicted molar refractivity (Wildman–Crippen MR) is 104 cm³/mol. The van der Waals surface area contributed by atoms with Gasteiger partial charge in [-0.3, -0.25) is 4.72 Å². The number of pyridine rings is 1. The molecule has 0 saturated carbocycles. The summed E-state index contributed by atoms with van der Waals surface area (Å²) in [6.45, 7) is 4.21. The Morgan fingerprint density at radius 1 is 1.23 bits per heavy atom. The summed E-state index contributed by atoms with van der Waals surface area (Å²) < 4.78 is 32.6. The molecule has 1 aliphatic rings. The van der Waals surface area contributed by atoms with Gasteiger partial charge in [0.25, 0.3) is 10.0 Å². The number of sulfonamides is 1. The Kier molecular flexibility index (Phi) is 5.58. The summed E-state index contributed by atoms with van der Waals surface area (Å²) in [6.07, 6.45) is 3.83. The molecule has 1 aromatic heterocycles. The van der Waals surface area contributed by atoms with Crippen molar-refractivity contribution >= 4 is 33.1 Å². The molecule has 8 heteroatoms. The van der Waals surface area contributed by atoms with E-state index in [1.807, 2.05) is 6.07 Å². The van der Waals surface area contributed by atoms with Crippen molar-refractivity contribution in [3.8, 4) is 5.75 Å². The standard InChI is InChI=1S/C18H22ClN3O3S/c1-13-7-9-22(10-8-13)18-6-3-14(12-20-18)21-26(23,24)15-4-5-17(25-2)16(19)11-15/h3-6,11-13,21H,7-10H2,1-2H3. The molecule has 26 heavy (non-hydrogen) atoms. The molecule has 1 aromatic carbocycles. The average molecular weight is 396 g/mol. The topological polar surface area (TPSA) is 71.5 Å². The lowest BCUT2D eigenvalue weighted by Crippen LogP contribution is -2.33. The van der Waals surface area contributed by atoms with E-state index in [0.717, 1.165) is 37.7 Å². The summed E-state index contributed by atoms with van der Waals surface area (Å²) in [6, 6.07) is 7.90. The lowest BCUT2D eigenvalue weighted by Gasteiger charge is -2.31. The molecule has 1 saturated heterocycles. The third-order valence-corrected chi connectivity index (χ3v) is 6.22. The van der Waals surface area contributed by atoms with Crippen LogP contribution in [-0.2, 0) is 10.0 Å². The van der Waals surface area contributed by atoms with Crippen LogP contribution in [0.3, 0.4) is 0 Å². The van der Waals surface area contributed by atoms with Crippen LogP contribution in [-0.4, -0.2) is 33.6 Å². The molecule has 140 valence electrons. The Hall–Kier alpha value is -1.99.